The SMILES string of the molecule is CCCCCCCCCCCCCCCCC=CNC(=O)CCCCCCCCCCCCCCC. The van der Waals surface area contributed by atoms with Crippen molar-refractivity contribution in [3.05, 3.63) is 12.3 Å². The highest BCUT2D eigenvalue weighted by molar-refractivity contribution is 5.76. The van der Waals surface area contributed by atoms with E-state index in [0.717, 1.165) is 12.8 Å². The molecule has 36 heavy (non-hydrogen) atoms. The summed E-state index contributed by atoms with van der Waals surface area (Å²) in [7, 11) is 0. The summed E-state index contributed by atoms with van der Waals surface area (Å²) in [6.45, 7) is 4.57. The molecular formula is C34H67NO. The van der Waals surface area contributed by atoms with Crippen LogP contribution in [0.4, 0.5) is 0 Å². The lowest BCUT2D eigenvalue weighted by Gasteiger charge is -2.03. The van der Waals surface area contributed by atoms with Crippen molar-refractivity contribution in [2.24, 2.45) is 0 Å². The fraction of sp³-hybridized carbons (Fsp3) is 0.912. The third-order valence-electron chi connectivity index (χ3n) is 7.59. The van der Waals surface area contributed by atoms with E-state index in [9.17, 15) is 4.79 Å². The third-order valence-corrected chi connectivity index (χ3v) is 7.59. The second-order valence-corrected chi connectivity index (χ2v) is 11.3. The van der Waals surface area contributed by atoms with Gasteiger partial charge >= 0.3 is 0 Å². The van der Waals surface area contributed by atoms with Gasteiger partial charge in [0, 0.05) is 6.42 Å². The number of nitrogens with one attached hydrogen (secondary N) is 1. The fourth-order valence-corrected chi connectivity index (χ4v) is 5.07. The zero-order valence-corrected chi connectivity index (χ0v) is 25.1. The lowest BCUT2D eigenvalue weighted by molar-refractivity contribution is -0.120. The standard InChI is InChI=1S/C34H67NO/c1-3-5-7-9-11-13-15-17-18-19-21-23-25-27-29-31-33-35-34(36)32-30-28-26-24-22-20-16-14-12-10-8-6-4-2/h31,33H,3-30,32H2,1-2H3,(H,35,36). The Balaban J connectivity index is 3.21. The molecule has 0 unspecified atom stereocenters. The number of unbranched alkanes of at least 4 members (excludes halogenated alkanes) is 26. The van der Waals surface area contributed by atoms with Gasteiger partial charge in [-0.3, -0.25) is 4.79 Å². The number of amides is 1. The van der Waals surface area contributed by atoms with E-state index in [1.807, 2.05) is 6.20 Å². The summed E-state index contributed by atoms with van der Waals surface area (Å²) in [5.41, 5.74) is 0. The second-order valence-electron chi connectivity index (χ2n) is 11.3. The highest BCUT2D eigenvalue weighted by Crippen LogP contribution is 2.14. The Morgan fingerprint density at radius 2 is 0.750 bits per heavy atom. The van der Waals surface area contributed by atoms with Crippen molar-refractivity contribution >= 4 is 5.91 Å². The van der Waals surface area contributed by atoms with Gasteiger partial charge in [-0.1, -0.05) is 180 Å². The summed E-state index contributed by atoms with van der Waals surface area (Å²) >= 11 is 0. The van der Waals surface area contributed by atoms with Crippen LogP contribution in [0.1, 0.15) is 200 Å². The first-order chi connectivity index (χ1) is 17.8. The van der Waals surface area contributed by atoms with Gasteiger partial charge in [-0.15, -0.1) is 0 Å². The smallest absolute Gasteiger partial charge is 0.223 e. The maximum absolute atomic E-state index is 11.9. The molecule has 1 amide bonds. The number of rotatable bonds is 30. The molecule has 0 rings (SSSR count). The first-order valence-corrected chi connectivity index (χ1v) is 16.8. The van der Waals surface area contributed by atoms with E-state index in [4.69, 9.17) is 0 Å². The van der Waals surface area contributed by atoms with Crippen molar-refractivity contribution in [1.29, 1.82) is 0 Å². The quantitative estimate of drug-likeness (QED) is 0.0966. The molecule has 0 saturated carbocycles. The molecule has 2 nitrogen and oxygen atoms in total. The van der Waals surface area contributed by atoms with Crippen LogP contribution in [0.25, 0.3) is 0 Å². The molecule has 214 valence electrons. The Labute approximate surface area is 228 Å². The maximum Gasteiger partial charge on any atom is 0.223 e. The van der Waals surface area contributed by atoms with Gasteiger partial charge in [0.15, 0.2) is 0 Å². The molecule has 0 aliphatic carbocycles. The zero-order chi connectivity index (χ0) is 26.2. The number of allylic oxidation sites excluding steroid dienone is 1. The monoisotopic (exact) mass is 506 g/mol. The van der Waals surface area contributed by atoms with Crippen molar-refractivity contribution in [2.45, 2.75) is 200 Å². The molecule has 0 aliphatic heterocycles. The molecule has 0 aromatic rings. The predicted octanol–water partition coefficient (Wildman–Crippen LogP) is 12.0. The van der Waals surface area contributed by atoms with Crippen molar-refractivity contribution < 1.29 is 4.79 Å². The van der Waals surface area contributed by atoms with Crippen LogP contribution in [0.5, 0.6) is 0 Å². The molecule has 0 aliphatic rings. The van der Waals surface area contributed by atoms with Gasteiger partial charge in [0.25, 0.3) is 0 Å². The summed E-state index contributed by atoms with van der Waals surface area (Å²) in [6, 6.07) is 0. The minimum absolute atomic E-state index is 0.190. The Morgan fingerprint density at radius 1 is 0.444 bits per heavy atom. The van der Waals surface area contributed by atoms with E-state index in [1.165, 1.54) is 167 Å². The average molecular weight is 506 g/mol. The van der Waals surface area contributed by atoms with Crippen molar-refractivity contribution in [1.82, 2.24) is 5.32 Å². The Bertz CT molecular complexity index is 444. The van der Waals surface area contributed by atoms with Gasteiger partial charge in [0.1, 0.15) is 0 Å². The minimum atomic E-state index is 0.190. The third kappa shape index (κ3) is 31.2. The van der Waals surface area contributed by atoms with Gasteiger partial charge in [-0.25, -0.2) is 0 Å². The molecule has 1 N–H and O–H groups in total. The maximum atomic E-state index is 11.9. The van der Waals surface area contributed by atoms with Gasteiger partial charge in [0.05, 0.1) is 0 Å². The van der Waals surface area contributed by atoms with Gasteiger partial charge in [-0.05, 0) is 25.5 Å². The molecule has 0 radical (unpaired) electrons. The first kappa shape index (κ1) is 35.2. The molecule has 0 aromatic heterocycles. The largest absolute Gasteiger partial charge is 0.333 e. The van der Waals surface area contributed by atoms with E-state index in [-0.39, 0.29) is 5.91 Å². The number of hydrogen-bond donors (Lipinski definition) is 1. The van der Waals surface area contributed by atoms with Gasteiger partial charge in [0.2, 0.25) is 5.91 Å². The Kier molecular flexibility index (Phi) is 31.5. The Morgan fingerprint density at radius 3 is 1.11 bits per heavy atom. The first-order valence-electron chi connectivity index (χ1n) is 16.8. The topological polar surface area (TPSA) is 29.1 Å². The Hall–Kier alpha value is -0.790. The summed E-state index contributed by atoms with van der Waals surface area (Å²) in [6.07, 6.45) is 43.0. The van der Waals surface area contributed by atoms with E-state index < -0.39 is 0 Å². The zero-order valence-electron chi connectivity index (χ0n) is 25.1. The van der Waals surface area contributed by atoms with Gasteiger partial charge < -0.3 is 5.32 Å². The lowest BCUT2D eigenvalue weighted by Crippen LogP contribution is -2.16. The van der Waals surface area contributed by atoms with E-state index in [1.54, 1.807) is 0 Å². The molecule has 0 saturated heterocycles. The number of carbonyl (C=O) groups excluding carboxylic acids is 1. The van der Waals surface area contributed by atoms with Crippen LogP contribution in [0.2, 0.25) is 0 Å². The van der Waals surface area contributed by atoms with Gasteiger partial charge in [-0.2, -0.15) is 0 Å². The van der Waals surface area contributed by atoms with Crippen LogP contribution in [0.3, 0.4) is 0 Å². The average Bonchev–Trinajstić information content (AvgIpc) is 2.88. The van der Waals surface area contributed by atoms with E-state index in [2.05, 4.69) is 25.2 Å². The predicted molar refractivity (Wildman–Crippen MR) is 163 cm³/mol. The molecule has 0 bridgehead atoms. The van der Waals surface area contributed by atoms with Crippen LogP contribution in [0.15, 0.2) is 12.3 Å². The summed E-state index contributed by atoms with van der Waals surface area (Å²) in [5.74, 6) is 0.190. The van der Waals surface area contributed by atoms with Crippen LogP contribution in [-0.2, 0) is 4.79 Å². The normalized spacial score (nSPS) is 11.5. The van der Waals surface area contributed by atoms with E-state index in [0.29, 0.717) is 6.42 Å². The summed E-state index contributed by atoms with van der Waals surface area (Å²) < 4.78 is 0. The van der Waals surface area contributed by atoms with Crippen molar-refractivity contribution in [3.8, 4) is 0 Å². The molecular weight excluding hydrogens is 438 g/mol. The number of carbonyl (C=O) groups is 1. The van der Waals surface area contributed by atoms with Crippen molar-refractivity contribution in [3.63, 3.8) is 0 Å². The van der Waals surface area contributed by atoms with Crippen LogP contribution in [-0.4, -0.2) is 5.91 Å². The minimum Gasteiger partial charge on any atom is -0.333 e. The highest BCUT2D eigenvalue weighted by atomic mass is 16.1. The van der Waals surface area contributed by atoms with Crippen LogP contribution < -0.4 is 5.32 Å². The summed E-state index contributed by atoms with van der Waals surface area (Å²) in [4.78, 5) is 11.9. The fourth-order valence-electron chi connectivity index (χ4n) is 5.07. The molecule has 0 atom stereocenters. The van der Waals surface area contributed by atoms with Crippen LogP contribution >= 0.6 is 0 Å². The molecule has 2 heteroatoms. The highest BCUT2D eigenvalue weighted by Gasteiger charge is 1.99. The molecule has 0 spiro atoms. The summed E-state index contributed by atoms with van der Waals surface area (Å²) in [5, 5.41) is 2.96. The van der Waals surface area contributed by atoms with E-state index >= 15 is 0 Å². The lowest BCUT2D eigenvalue weighted by atomic mass is 10.0. The molecule has 0 heterocycles. The molecule has 0 aromatic carbocycles. The number of hydrogen-bond acceptors (Lipinski definition) is 1. The van der Waals surface area contributed by atoms with Crippen molar-refractivity contribution in [2.75, 3.05) is 0 Å². The van der Waals surface area contributed by atoms with Crippen LogP contribution in [0, 0.1) is 0 Å². The molecule has 0 fully saturated rings. The second kappa shape index (κ2) is 32.2.